The largest absolute Gasteiger partial charge is 0.373 e. The van der Waals surface area contributed by atoms with Crippen molar-refractivity contribution in [3.05, 3.63) is 40.7 Å². The van der Waals surface area contributed by atoms with Gasteiger partial charge in [0.15, 0.2) is 0 Å². The molecule has 0 unspecified atom stereocenters. The van der Waals surface area contributed by atoms with Gasteiger partial charge in [0.2, 0.25) is 0 Å². The van der Waals surface area contributed by atoms with E-state index >= 15 is 0 Å². The van der Waals surface area contributed by atoms with Crippen LogP contribution in [0, 0.1) is 20.8 Å². The molecule has 2 aromatic rings. The van der Waals surface area contributed by atoms with Gasteiger partial charge in [-0.1, -0.05) is 24.6 Å². The lowest BCUT2D eigenvalue weighted by Crippen LogP contribution is -2.05. The van der Waals surface area contributed by atoms with Crippen molar-refractivity contribution >= 4 is 5.82 Å². The van der Waals surface area contributed by atoms with Gasteiger partial charge in [-0.05, 0) is 32.4 Å². The highest BCUT2D eigenvalue weighted by Crippen LogP contribution is 2.29. The molecule has 2 rings (SSSR count). The number of anilines is 1. The second-order valence-electron chi connectivity index (χ2n) is 4.88. The Hall–Kier alpha value is -1.90. The molecule has 3 nitrogen and oxygen atoms in total. The summed E-state index contributed by atoms with van der Waals surface area (Å²) in [4.78, 5) is 9.25. The Morgan fingerprint density at radius 3 is 2.47 bits per heavy atom. The summed E-state index contributed by atoms with van der Waals surface area (Å²) >= 11 is 0. The monoisotopic (exact) mass is 255 g/mol. The van der Waals surface area contributed by atoms with Crippen LogP contribution in [0.1, 0.15) is 29.4 Å². The van der Waals surface area contributed by atoms with Crippen LogP contribution in [0.15, 0.2) is 18.2 Å². The quantitative estimate of drug-likeness (QED) is 0.909. The Morgan fingerprint density at radius 1 is 1.11 bits per heavy atom. The van der Waals surface area contributed by atoms with Gasteiger partial charge in [0, 0.05) is 24.6 Å². The minimum absolute atomic E-state index is 0.840. The summed E-state index contributed by atoms with van der Waals surface area (Å²) in [6.45, 7) is 8.39. The molecule has 0 aliphatic heterocycles. The third-order valence-corrected chi connectivity index (χ3v) is 3.39. The summed E-state index contributed by atoms with van der Waals surface area (Å²) in [5.74, 6) is 1.80. The zero-order valence-electron chi connectivity index (χ0n) is 12.3. The molecule has 1 heterocycles. The fourth-order valence-electron chi connectivity index (χ4n) is 2.22. The summed E-state index contributed by atoms with van der Waals surface area (Å²) in [5.41, 5.74) is 5.84. The van der Waals surface area contributed by atoms with Crippen LogP contribution < -0.4 is 5.32 Å². The van der Waals surface area contributed by atoms with Crippen molar-refractivity contribution in [2.75, 3.05) is 12.4 Å². The van der Waals surface area contributed by atoms with Gasteiger partial charge in [0.25, 0.3) is 0 Å². The van der Waals surface area contributed by atoms with E-state index in [1.807, 2.05) is 7.05 Å². The fraction of sp³-hybridized carbons (Fsp3) is 0.375. The molecule has 1 aromatic heterocycles. The van der Waals surface area contributed by atoms with E-state index in [0.717, 1.165) is 29.3 Å². The molecular formula is C16H21N3. The molecule has 100 valence electrons. The van der Waals surface area contributed by atoms with E-state index in [1.165, 1.54) is 16.7 Å². The zero-order valence-corrected chi connectivity index (χ0v) is 12.3. The Labute approximate surface area is 115 Å². The number of rotatable bonds is 3. The predicted octanol–water partition coefficient (Wildman–Crippen LogP) is 3.67. The Morgan fingerprint density at radius 2 is 1.84 bits per heavy atom. The second-order valence-corrected chi connectivity index (χ2v) is 4.88. The van der Waals surface area contributed by atoms with Gasteiger partial charge in [-0.25, -0.2) is 9.97 Å². The first-order valence-corrected chi connectivity index (χ1v) is 6.69. The number of benzene rings is 1. The van der Waals surface area contributed by atoms with Crippen LogP contribution in [0.4, 0.5) is 5.82 Å². The van der Waals surface area contributed by atoms with Crippen molar-refractivity contribution < 1.29 is 0 Å². The highest BCUT2D eigenvalue weighted by atomic mass is 15.0. The summed E-state index contributed by atoms with van der Waals surface area (Å²) in [5, 5.41) is 3.16. The predicted molar refractivity (Wildman–Crippen MR) is 80.6 cm³/mol. The van der Waals surface area contributed by atoms with Gasteiger partial charge >= 0.3 is 0 Å². The molecule has 0 saturated carbocycles. The van der Waals surface area contributed by atoms with Crippen LogP contribution in [0.5, 0.6) is 0 Å². The van der Waals surface area contributed by atoms with Crippen LogP contribution in [-0.4, -0.2) is 17.0 Å². The fourth-order valence-corrected chi connectivity index (χ4v) is 2.22. The summed E-state index contributed by atoms with van der Waals surface area (Å²) in [6.07, 6.45) is 0.840. The number of hydrogen-bond donors (Lipinski definition) is 1. The third kappa shape index (κ3) is 2.60. The average Bonchev–Trinajstić information content (AvgIpc) is 2.42. The van der Waals surface area contributed by atoms with Crippen molar-refractivity contribution in [1.82, 2.24) is 9.97 Å². The summed E-state index contributed by atoms with van der Waals surface area (Å²) in [7, 11) is 1.90. The van der Waals surface area contributed by atoms with Gasteiger partial charge in [0.1, 0.15) is 11.6 Å². The van der Waals surface area contributed by atoms with Crippen molar-refractivity contribution in [3.8, 4) is 11.3 Å². The Bertz CT molecular complexity index is 603. The lowest BCUT2D eigenvalue weighted by atomic mass is 9.99. The summed E-state index contributed by atoms with van der Waals surface area (Å²) in [6, 6.07) is 6.48. The molecule has 19 heavy (non-hydrogen) atoms. The number of nitrogens with zero attached hydrogens (tertiary/aromatic N) is 2. The lowest BCUT2D eigenvalue weighted by Gasteiger charge is -2.14. The van der Waals surface area contributed by atoms with Crippen LogP contribution in [0.3, 0.4) is 0 Å². The maximum atomic E-state index is 4.72. The van der Waals surface area contributed by atoms with Crippen molar-refractivity contribution in [3.63, 3.8) is 0 Å². The third-order valence-electron chi connectivity index (χ3n) is 3.39. The minimum Gasteiger partial charge on any atom is -0.373 e. The number of aryl methyl sites for hydroxylation is 3. The molecule has 1 aromatic carbocycles. The van der Waals surface area contributed by atoms with E-state index < -0.39 is 0 Å². The summed E-state index contributed by atoms with van der Waals surface area (Å²) < 4.78 is 0. The van der Waals surface area contributed by atoms with Crippen molar-refractivity contribution in [2.45, 2.75) is 34.1 Å². The van der Waals surface area contributed by atoms with E-state index in [4.69, 9.17) is 4.98 Å². The molecule has 0 aliphatic rings. The molecule has 0 aliphatic carbocycles. The smallest absolute Gasteiger partial charge is 0.132 e. The maximum absolute atomic E-state index is 4.72. The van der Waals surface area contributed by atoms with Crippen molar-refractivity contribution in [2.24, 2.45) is 0 Å². The maximum Gasteiger partial charge on any atom is 0.132 e. The molecule has 0 amide bonds. The van der Waals surface area contributed by atoms with Gasteiger partial charge in [-0.3, -0.25) is 0 Å². The number of aromatic nitrogens is 2. The van der Waals surface area contributed by atoms with E-state index in [2.05, 4.69) is 56.2 Å². The van der Waals surface area contributed by atoms with Gasteiger partial charge in [-0.2, -0.15) is 0 Å². The molecule has 0 saturated heterocycles. The topological polar surface area (TPSA) is 37.8 Å². The SMILES string of the molecule is CCc1nc(NC)c(C)c(-c2cc(C)ccc2C)n1. The van der Waals surface area contributed by atoms with E-state index in [9.17, 15) is 0 Å². The van der Waals surface area contributed by atoms with Crippen molar-refractivity contribution in [1.29, 1.82) is 0 Å². The Kier molecular flexibility index (Phi) is 3.84. The number of nitrogens with one attached hydrogen (secondary N) is 1. The van der Waals surface area contributed by atoms with Crippen LogP contribution in [0.25, 0.3) is 11.3 Å². The molecular weight excluding hydrogens is 234 g/mol. The molecule has 0 radical (unpaired) electrons. The number of hydrogen-bond acceptors (Lipinski definition) is 3. The lowest BCUT2D eigenvalue weighted by molar-refractivity contribution is 0.935. The molecule has 1 N–H and O–H groups in total. The highest BCUT2D eigenvalue weighted by Gasteiger charge is 2.13. The minimum atomic E-state index is 0.840. The zero-order chi connectivity index (χ0) is 14.0. The molecule has 0 bridgehead atoms. The molecule has 0 spiro atoms. The van der Waals surface area contributed by atoms with E-state index in [-0.39, 0.29) is 0 Å². The van der Waals surface area contributed by atoms with Crippen LogP contribution in [0.2, 0.25) is 0 Å². The normalized spacial score (nSPS) is 10.6. The average molecular weight is 255 g/mol. The van der Waals surface area contributed by atoms with E-state index in [0.29, 0.717) is 0 Å². The van der Waals surface area contributed by atoms with Gasteiger partial charge in [0.05, 0.1) is 5.69 Å². The van der Waals surface area contributed by atoms with Crippen LogP contribution in [-0.2, 0) is 6.42 Å². The highest BCUT2D eigenvalue weighted by molar-refractivity contribution is 5.71. The van der Waals surface area contributed by atoms with Gasteiger partial charge in [-0.15, -0.1) is 0 Å². The first-order valence-electron chi connectivity index (χ1n) is 6.69. The van der Waals surface area contributed by atoms with Gasteiger partial charge < -0.3 is 5.32 Å². The standard InChI is InChI=1S/C16H21N3/c1-6-14-18-15(12(4)16(17-5)19-14)13-9-10(2)7-8-11(13)3/h7-9H,6H2,1-5H3,(H,17,18,19). The molecule has 3 heteroatoms. The molecule has 0 fully saturated rings. The van der Waals surface area contributed by atoms with Crippen LogP contribution >= 0.6 is 0 Å². The second kappa shape index (κ2) is 5.39. The first kappa shape index (κ1) is 13.5. The molecule has 0 atom stereocenters. The first-order chi connectivity index (χ1) is 9.06. The Balaban J connectivity index is 2.70. The van der Waals surface area contributed by atoms with E-state index in [1.54, 1.807) is 0 Å².